The van der Waals surface area contributed by atoms with Crippen LogP contribution in [-0.2, 0) is 14.3 Å². The molecule has 1 aliphatic heterocycles. The van der Waals surface area contributed by atoms with E-state index in [4.69, 9.17) is 9.47 Å². The highest BCUT2D eigenvalue weighted by Crippen LogP contribution is 2.28. The summed E-state index contributed by atoms with van der Waals surface area (Å²) >= 11 is 0. The van der Waals surface area contributed by atoms with E-state index in [-0.39, 0.29) is 18.5 Å². The van der Waals surface area contributed by atoms with E-state index in [0.29, 0.717) is 23.4 Å². The van der Waals surface area contributed by atoms with Crippen molar-refractivity contribution in [2.75, 3.05) is 13.2 Å². The van der Waals surface area contributed by atoms with Gasteiger partial charge in [0.25, 0.3) is 0 Å². The Bertz CT molecular complexity index is 637. The van der Waals surface area contributed by atoms with Crippen molar-refractivity contribution < 1.29 is 24.2 Å². The SMILES string of the molecule is CC1=C(C(=O)OCCOC(C)C)[C@@H](c2ccc(O)cc2)NC(=O)N1. The highest BCUT2D eigenvalue weighted by Gasteiger charge is 2.32. The zero-order valence-corrected chi connectivity index (χ0v) is 14.0. The Morgan fingerprint density at radius 3 is 2.54 bits per heavy atom. The van der Waals surface area contributed by atoms with Crippen molar-refractivity contribution in [1.29, 1.82) is 0 Å². The molecule has 1 aliphatic rings. The zero-order chi connectivity index (χ0) is 17.7. The monoisotopic (exact) mass is 334 g/mol. The molecule has 1 atom stereocenters. The number of hydrogen-bond donors (Lipinski definition) is 3. The summed E-state index contributed by atoms with van der Waals surface area (Å²) in [6.07, 6.45) is 0.0602. The number of nitrogens with one attached hydrogen (secondary N) is 2. The van der Waals surface area contributed by atoms with E-state index < -0.39 is 18.0 Å². The Kier molecular flexibility index (Phi) is 5.81. The number of phenolic OH excluding ortho intramolecular Hbond substituents is 1. The van der Waals surface area contributed by atoms with Crippen LogP contribution in [0.1, 0.15) is 32.4 Å². The van der Waals surface area contributed by atoms with E-state index in [1.165, 1.54) is 12.1 Å². The Morgan fingerprint density at radius 2 is 1.92 bits per heavy atom. The number of esters is 1. The first kappa shape index (κ1) is 17.8. The molecule has 0 unspecified atom stereocenters. The minimum absolute atomic E-state index is 0.0602. The molecular weight excluding hydrogens is 312 g/mol. The second kappa shape index (κ2) is 7.83. The van der Waals surface area contributed by atoms with Crippen LogP contribution in [-0.4, -0.2) is 36.4 Å². The third-order valence-corrected chi connectivity index (χ3v) is 3.48. The van der Waals surface area contributed by atoms with Crippen molar-refractivity contribution in [1.82, 2.24) is 10.6 Å². The maximum absolute atomic E-state index is 12.4. The predicted molar refractivity (Wildman–Crippen MR) is 87.3 cm³/mol. The number of aromatic hydroxyl groups is 1. The van der Waals surface area contributed by atoms with Gasteiger partial charge in [-0.1, -0.05) is 12.1 Å². The van der Waals surface area contributed by atoms with Gasteiger partial charge in [-0.05, 0) is 38.5 Å². The van der Waals surface area contributed by atoms with Crippen LogP contribution in [0.2, 0.25) is 0 Å². The maximum Gasteiger partial charge on any atom is 0.338 e. The van der Waals surface area contributed by atoms with Crippen LogP contribution in [0.25, 0.3) is 0 Å². The molecule has 0 bridgehead atoms. The Morgan fingerprint density at radius 1 is 1.25 bits per heavy atom. The van der Waals surface area contributed by atoms with E-state index in [1.807, 2.05) is 13.8 Å². The number of carbonyl (C=O) groups is 2. The molecule has 2 amide bonds. The number of carbonyl (C=O) groups excluding carboxylic acids is 2. The molecule has 0 fully saturated rings. The number of rotatable bonds is 6. The lowest BCUT2D eigenvalue weighted by Crippen LogP contribution is -2.45. The molecule has 1 aromatic rings. The van der Waals surface area contributed by atoms with Gasteiger partial charge in [0.05, 0.1) is 24.3 Å². The van der Waals surface area contributed by atoms with Gasteiger partial charge in [0.15, 0.2) is 0 Å². The predicted octanol–water partition coefficient (Wildman–Crippen LogP) is 1.99. The fourth-order valence-electron chi connectivity index (χ4n) is 2.38. The van der Waals surface area contributed by atoms with E-state index >= 15 is 0 Å². The van der Waals surface area contributed by atoms with Crippen molar-refractivity contribution in [3.05, 3.63) is 41.1 Å². The first-order valence-electron chi connectivity index (χ1n) is 7.74. The molecule has 130 valence electrons. The number of phenols is 1. The lowest BCUT2D eigenvalue weighted by molar-refractivity contribution is -0.141. The molecule has 24 heavy (non-hydrogen) atoms. The smallest absolute Gasteiger partial charge is 0.338 e. The van der Waals surface area contributed by atoms with Crippen molar-refractivity contribution in [2.45, 2.75) is 32.9 Å². The Hall–Kier alpha value is -2.54. The van der Waals surface area contributed by atoms with Gasteiger partial charge >= 0.3 is 12.0 Å². The first-order valence-corrected chi connectivity index (χ1v) is 7.74. The number of amides is 2. The van der Waals surface area contributed by atoms with Crippen LogP contribution >= 0.6 is 0 Å². The van der Waals surface area contributed by atoms with Crippen molar-refractivity contribution in [2.24, 2.45) is 0 Å². The third kappa shape index (κ3) is 4.48. The average Bonchev–Trinajstić information content (AvgIpc) is 2.51. The molecule has 7 heteroatoms. The van der Waals surface area contributed by atoms with Gasteiger partial charge in [0, 0.05) is 5.70 Å². The third-order valence-electron chi connectivity index (χ3n) is 3.48. The molecule has 0 saturated heterocycles. The van der Waals surface area contributed by atoms with Crippen LogP contribution in [0.5, 0.6) is 5.75 Å². The largest absolute Gasteiger partial charge is 0.508 e. The topological polar surface area (TPSA) is 96.9 Å². The summed E-state index contributed by atoms with van der Waals surface area (Å²) in [5, 5.41) is 14.7. The summed E-state index contributed by atoms with van der Waals surface area (Å²) < 4.78 is 10.6. The number of ether oxygens (including phenoxy) is 2. The quantitative estimate of drug-likeness (QED) is 0.546. The number of hydrogen-bond acceptors (Lipinski definition) is 5. The molecule has 0 radical (unpaired) electrons. The second-order valence-corrected chi connectivity index (χ2v) is 5.72. The molecule has 0 aliphatic carbocycles. The second-order valence-electron chi connectivity index (χ2n) is 5.72. The van der Waals surface area contributed by atoms with Crippen LogP contribution in [0, 0.1) is 0 Å². The van der Waals surface area contributed by atoms with Crippen molar-refractivity contribution in [3.63, 3.8) is 0 Å². The van der Waals surface area contributed by atoms with Crippen LogP contribution in [0.4, 0.5) is 4.79 Å². The number of benzene rings is 1. The lowest BCUT2D eigenvalue weighted by Gasteiger charge is -2.28. The summed E-state index contributed by atoms with van der Waals surface area (Å²) in [6, 6.07) is 5.25. The van der Waals surface area contributed by atoms with Gasteiger partial charge in [-0.2, -0.15) is 0 Å². The Labute approximate surface area is 140 Å². The molecule has 2 rings (SSSR count). The van der Waals surface area contributed by atoms with Gasteiger partial charge in [-0.3, -0.25) is 0 Å². The minimum atomic E-state index is -0.641. The van der Waals surface area contributed by atoms with Crippen LogP contribution < -0.4 is 10.6 Å². The average molecular weight is 334 g/mol. The Balaban J connectivity index is 2.16. The minimum Gasteiger partial charge on any atom is -0.508 e. The summed E-state index contributed by atoms with van der Waals surface area (Å²) in [4.78, 5) is 24.2. The summed E-state index contributed by atoms with van der Waals surface area (Å²) in [7, 11) is 0. The van der Waals surface area contributed by atoms with E-state index in [0.717, 1.165) is 0 Å². The molecule has 1 aromatic carbocycles. The standard InChI is InChI=1S/C17H22N2O5/c1-10(2)23-8-9-24-16(21)14-11(3)18-17(22)19-15(14)12-4-6-13(20)7-5-12/h4-7,10,15,20H,8-9H2,1-3H3,(H2,18,19,22)/t15-/m1/s1. The van der Waals surface area contributed by atoms with Gasteiger partial charge in [0.2, 0.25) is 0 Å². The molecule has 3 N–H and O–H groups in total. The number of allylic oxidation sites excluding steroid dienone is 1. The molecule has 1 heterocycles. The molecule has 0 saturated carbocycles. The van der Waals surface area contributed by atoms with E-state index in [9.17, 15) is 14.7 Å². The summed E-state index contributed by atoms with van der Waals surface area (Å²) in [5.74, 6) is -0.417. The normalized spacial score (nSPS) is 17.5. The van der Waals surface area contributed by atoms with Gasteiger partial charge < -0.3 is 25.2 Å². The highest BCUT2D eigenvalue weighted by molar-refractivity contribution is 5.95. The highest BCUT2D eigenvalue weighted by atomic mass is 16.6. The van der Waals surface area contributed by atoms with Crippen molar-refractivity contribution >= 4 is 12.0 Å². The lowest BCUT2D eigenvalue weighted by atomic mass is 9.95. The summed E-state index contributed by atoms with van der Waals surface area (Å²) in [5.41, 5.74) is 1.43. The van der Waals surface area contributed by atoms with Gasteiger partial charge in [-0.15, -0.1) is 0 Å². The van der Waals surface area contributed by atoms with Gasteiger partial charge in [0.1, 0.15) is 12.4 Å². The molecular formula is C17H22N2O5. The van der Waals surface area contributed by atoms with Crippen LogP contribution in [0.15, 0.2) is 35.5 Å². The maximum atomic E-state index is 12.4. The fraction of sp³-hybridized carbons (Fsp3) is 0.412. The number of urea groups is 1. The molecule has 0 spiro atoms. The molecule has 0 aromatic heterocycles. The molecule has 7 nitrogen and oxygen atoms in total. The zero-order valence-electron chi connectivity index (χ0n) is 14.0. The van der Waals surface area contributed by atoms with E-state index in [1.54, 1.807) is 19.1 Å². The first-order chi connectivity index (χ1) is 11.4. The fourth-order valence-corrected chi connectivity index (χ4v) is 2.38. The summed E-state index contributed by atoms with van der Waals surface area (Å²) in [6.45, 7) is 5.88. The van der Waals surface area contributed by atoms with E-state index in [2.05, 4.69) is 10.6 Å². The van der Waals surface area contributed by atoms with Crippen LogP contribution in [0.3, 0.4) is 0 Å². The van der Waals surface area contributed by atoms with Gasteiger partial charge in [-0.25, -0.2) is 9.59 Å². The van der Waals surface area contributed by atoms with Crippen molar-refractivity contribution in [3.8, 4) is 5.75 Å².